The van der Waals surface area contributed by atoms with Crippen molar-refractivity contribution in [2.45, 2.75) is 12.6 Å². The van der Waals surface area contributed by atoms with E-state index in [0.29, 0.717) is 5.56 Å². The Morgan fingerprint density at radius 1 is 1.41 bits per heavy atom. The van der Waals surface area contributed by atoms with Crippen molar-refractivity contribution in [2.24, 2.45) is 0 Å². The molecule has 1 atom stereocenters. The minimum Gasteiger partial charge on any atom is -0.386 e. The first kappa shape index (κ1) is 11.2. The zero-order valence-corrected chi connectivity index (χ0v) is 8.80. The smallest absolute Gasteiger partial charge is 0.269 e. The van der Waals surface area contributed by atoms with E-state index in [-0.39, 0.29) is 12.2 Å². The summed E-state index contributed by atoms with van der Waals surface area (Å²) in [6.07, 6.45) is 2.11. The summed E-state index contributed by atoms with van der Waals surface area (Å²) in [5.41, 5.74) is 0.604. The fourth-order valence-corrected chi connectivity index (χ4v) is 1.43. The van der Waals surface area contributed by atoms with Crippen LogP contribution in [0.1, 0.15) is 11.7 Å². The molecule has 2 aromatic rings. The molecule has 0 aliphatic heterocycles. The Morgan fingerprint density at radius 2 is 2.12 bits per heavy atom. The fourth-order valence-electron chi connectivity index (χ4n) is 1.43. The number of nitro benzene ring substituents is 1. The van der Waals surface area contributed by atoms with E-state index in [1.807, 2.05) is 0 Å². The lowest BCUT2D eigenvalue weighted by atomic mass is 10.1. The maximum absolute atomic E-state index is 10.5. The number of benzene rings is 1. The second-order valence-corrected chi connectivity index (χ2v) is 3.48. The third-order valence-electron chi connectivity index (χ3n) is 2.32. The van der Waals surface area contributed by atoms with E-state index in [9.17, 15) is 15.2 Å². The number of nitro groups is 1. The van der Waals surface area contributed by atoms with Gasteiger partial charge >= 0.3 is 0 Å². The summed E-state index contributed by atoms with van der Waals surface area (Å²) in [7, 11) is 0. The summed E-state index contributed by atoms with van der Waals surface area (Å²) in [6, 6.07) is 5.78. The highest BCUT2D eigenvalue weighted by molar-refractivity contribution is 5.33. The molecule has 2 rings (SSSR count). The van der Waals surface area contributed by atoms with Crippen LogP contribution < -0.4 is 0 Å². The topological polar surface area (TPSA) is 94.1 Å². The number of aliphatic hydroxyl groups excluding tert-OH is 1. The standard InChI is InChI=1S/C10H10N4O3/c15-10(5-13-7-11-6-12-13)8-1-3-9(4-2-8)14(16)17/h1-4,6-7,10,15H,5H2/t10-/m1/s1. The molecule has 0 amide bonds. The Hall–Kier alpha value is -2.28. The van der Waals surface area contributed by atoms with Gasteiger partial charge in [-0.1, -0.05) is 0 Å². The van der Waals surface area contributed by atoms with Crippen LogP contribution in [0.25, 0.3) is 0 Å². The molecule has 0 aliphatic rings. The quantitative estimate of drug-likeness (QED) is 0.627. The average Bonchev–Trinajstić information content (AvgIpc) is 2.82. The Balaban J connectivity index is 2.09. The molecule has 1 aromatic heterocycles. The van der Waals surface area contributed by atoms with Crippen molar-refractivity contribution < 1.29 is 10.0 Å². The Labute approximate surface area is 96.5 Å². The molecule has 0 bridgehead atoms. The summed E-state index contributed by atoms with van der Waals surface area (Å²) in [6.45, 7) is 0.262. The van der Waals surface area contributed by atoms with Gasteiger partial charge in [-0.3, -0.25) is 14.8 Å². The van der Waals surface area contributed by atoms with Crippen molar-refractivity contribution in [1.29, 1.82) is 0 Å². The molecular weight excluding hydrogens is 224 g/mol. The van der Waals surface area contributed by atoms with Crippen LogP contribution in [-0.4, -0.2) is 24.8 Å². The van der Waals surface area contributed by atoms with Crippen LogP contribution in [-0.2, 0) is 6.54 Å². The van der Waals surface area contributed by atoms with E-state index in [1.165, 1.54) is 41.6 Å². The Morgan fingerprint density at radius 3 is 2.65 bits per heavy atom. The predicted octanol–water partition coefficient (Wildman–Crippen LogP) is 0.920. The molecule has 0 spiro atoms. The van der Waals surface area contributed by atoms with E-state index in [2.05, 4.69) is 10.1 Å². The van der Waals surface area contributed by atoms with Gasteiger partial charge in [0.1, 0.15) is 12.7 Å². The van der Waals surface area contributed by atoms with Crippen LogP contribution in [0.4, 0.5) is 5.69 Å². The predicted molar refractivity (Wildman–Crippen MR) is 58.1 cm³/mol. The lowest BCUT2D eigenvalue weighted by Crippen LogP contribution is -2.09. The first-order chi connectivity index (χ1) is 8.16. The van der Waals surface area contributed by atoms with Gasteiger partial charge in [0.05, 0.1) is 17.6 Å². The normalized spacial score (nSPS) is 12.3. The summed E-state index contributed by atoms with van der Waals surface area (Å²) >= 11 is 0. The van der Waals surface area contributed by atoms with Crippen molar-refractivity contribution in [3.8, 4) is 0 Å². The summed E-state index contributed by atoms with van der Waals surface area (Å²) in [4.78, 5) is 13.7. The second kappa shape index (κ2) is 4.71. The van der Waals surface area contributed by atoms with Gasteiger partial charge in [-0.25, -0.2) is 4.98 Å². The highest BCUT2D eigenvalue weighted by atomic mass is 16.6. The third-order valence-corrected chi connectivity index (χ3v) is 2.32. The zero-order chi connectivity index (χ0) is 12.3. The SMILES string of the molecule is O=[N+]([O-])c1ccc([C@H](O)Cn2cncn2)cc1. The van der Waals surface area contributed by atoms with Gasteiger partial charge in [0.15, 0.2) is 0 Å². The summed E-state index contributed by atoms with van der Waals surface area (Å²) in [5.74, 6) is 0. The number of hydrogen-bond donors (Lipinski definition) is 1. The molecule has 17 heavy (non-hydrogen) atoms. The van der Waals surface area contributed by atoms with Crippen LogP contribution in [0.3, 0.4) is 0 Å². The van der Waals surface area contributed by atoms with E-state index in [0.717, 1.165) is 0 Å². The number of nitrogens with zero attached hydrogens (tertiary/aromatic N) is 4. The van der Waals surface area contributed by atoms with Crippen LogP contribution in [0.5, 0.6) is 0 Å². The van der Waals surface area contributed by atoms with Gasteiger partial charge in [0.25, 0.3) is 5.69 Å². The first-order valence-electron chi connectivity index (χ1n) is 4.91. The Kier molecular flexibility index (Phi) is 3.10. The molecule has 1 N–H and O–H groups in total. The van der Waals surface area contributed by atoms with Crippen LogP contribution in [0.15, 0.2) is 36.9 Å². The van der Waals surface area contributed by atoms with Gasteiger partial charge in [-0.05, 0) is 17.7 Å². The molecule has 0 saturated heterocycles. The van der Waals surface area contributed by atoms with Gasteiger partial charge in [0, 0.05) is 12.1 Å². The maximum atomic E-state index is 10.5. The Bertz CT molecular complexity index is 495. The second-order valence-electron chi connectivity index (χ2n) is 3.48. The molecule has 7 heteroatoms. The van der Waals surface area contributed by atoms with E-state index >= 15 is 0 Å². The van der Waals surface area contributed by atoms with Gasteiger partial charge in [-0.15, -0.1) is 0 Å². The molecule has 1 heterocycles. The van der Waals surface area contributed by atoms with Crippen LogP contribution in [0, 0.1) is 10.1 Å². The van der Waals surface area contributed by atoms with Crippen molar-refractivity contribution >= 4 is 5.69 Å². The van der Waals surface area contributed by atoms with Crippen LogP contribution in [0.2, 0.25) is 0 Å². The number of rotatable bonds is 4. The third kappa shape index (κ3) is 2.64. The number of hydrogen-bond acceptors (Lipinski definition) is 5. The van der Waals surface area contributed by atoms with Crippen molar-refractivity contribution in [3.05, 3.63) is 52.6 Å². The maximum Gasteiger partial charge on any atom is 0.269 e. The van der Waals surface area contributed by atoms with Gasteiger partial charge in [-0.2, -0.15) is 5.10 Å². The number of aliphatic hydroxyl groups is 1. The molecule has 0 saturated carbocycles. The highest BCUT2D eigenvalue weighted by Gasteiger charge is 2.11. The minimum atomic E-state index is -0.766. The summed E-state index contributed by atoms with van der Waals surface area (Å²) < 4.78 is 1.49. The van der Waals surface area contributed by atoms with Gasteiger partial charge < -0.3 is 5.11 Å². The molecule has 0 aliphatic carbocycles. The minimum absolute atomic E-state index is 0.00158. The van der Waals surface area contributed by atoms with Crippen molar-refractivity contribution in [2.75, 3.05) is 0 Å². The highest BCUT2D eigenvalue weighted by Crippen LogP contribution is 2.18. The number of non-ortho nitro benzene ring substituents is 1. The monoisotopic (exact) mass is 234 g/mol. The molecule has 7 nitrogen and oxygen atoms in total. The van der Waals surface area contributed by atoms with E-state index < -0.39 is 11.0 Å². The largest absolute Gasteiger partial charge is 0.386 e. The van der Waals surface area contributed by atoms with E-state index in [4.69, 9.17) is 0 Å². The lowest BCUT2D eigenvalue weighted by Gasteiger charge is -2.10. The molecule has 0 radical (unpaired) electrons. The zero-order valence-electron chi connectivity index (χ0n) is 8.80. The molecule has 88 valence electrons. The van der Waals surface area contributed by atoms with Crippen molar-refractivity contribution in [3.63, 3.8) is 0 Å². The summed E-state index contributed by atoms with van der Waals surface area (Å²) in [5, 5.41) is 24.2. The van der Waals surface area contributed by atoms with Gasteiger partial charge in [0.2, 0.25) is 0 Å². The van der Waals surface area contributed by atoms with Crippen molar-refractivity contribution in [1.82, 2.24) is 14.8 Å². The molecule has 0 unspecified atom stereocenters. The first-order valence-corrected chi connectivity index (χ1v) is 4.91. The number of aromatic nitrogens is 3. The average molecular weight is 234 g/mol. The lowest BCUT2D eigenvalue weighted by molar-refractivity contribution is -0.384. The van der Waals surface area contributed by atoms with Crippen LogP contribution >= 0.6 is 0 Å². The fraction of sp³-hybridized carbons (Fsp3) is 0.200. The van der Waals surface area contributed by atoms with E-state index in [1.54, 1.807) is 0 Å². The molecular formula is C10H10N4O3. The molecule has 1 aromatic carbocycles. The molecule has 0 fully saturated rings.